The maximum Gasteiger partial charge on any atom is 0.255 e. The molecule has 2 aliphatic rings. The maximum atomic E-state index is 12.8. The van der Waals surface area contributed by atoms with E-state index in [1.54, 1.807) is 12.3 Å². The molecule has 1 atom stereocenters. The number of likely N-dealkylation sites (tertiary alicyclic amines) is 1. The molecule has 0 radical (unpaired) electrons. The van der Waals surface area contributed by atoms with Gasteiger partial charge in [-0.2, -0.15) is 10.2 Å². The number of carbonyl (C=O) groups is 2. The normalized spacial score (nSPS) is 19.5. The summed E-state index contributed by atoms with van der Waals surface area (Å²) in [6.45, 7) is 7.05. The van der Waals surface area contributed by atoms with Crippen LogP contribution in [0.4, 0.5) is 0 Å². The highest BCUT2D eigenvalue weighted by Gasteiger charge is 2.46. The van der Waals surface area contributed by atoms with Crippen molar-refractivity contribution in [2.45, 2.75) is 50.9 Å². The highest BCUT2D eigenvalue weighted by Crippen LogP contribution is 2.52. The molecule has 1 aromatic heterocycles. The number of hydrogen-bond acceptors (Lipinski definition) is 4. The van der Waals surface area contributed by atoms with Gasteiger partial charge in [0.25, 0.3) is 5.91 Å². The maximum absolute atomic E-state index is 12.8. The van der Waals surface area contributed by atoms with Crippen LogP contribution in [0.15, 0.2) is 42.7 Å². The van der Waals surface area contributed by atoms with Gasteiger partial charge in [0.05, 0.1) is 18.0 Å². The van der Waals surface area contributed by atoms with Crippen molar-refractivity contribution in [1.29, 1.82) is 0 Å². The van der Waals surface area contributed by atoms with Crippen molar-refractivity contribution in [2.75, 3.05) is 26.2 Å². The minimum atomic E-state index is 0.0271. The summed E-state index contributed by atoms with van der Waals surface area (Å²) in [6, 6.07) is 10.3. The first kappa shape index (κ1) is 20.5. The van der Waals surface area contributed by atoms with E-state index < -0.39 is 0 Å². The van der Waals surface area contributed by atoms with Crippen LogP contribution in [0.3, 0.4) is 0 Å². The minimum absolute atomic E-state index is 0.0271. The molecule has 1 unspecified atom stereocenters. The lowest BCUT2D eigenvalue weighted by Gasteiger charge is -2.40. The Morgan fingerprint density at radius 3 is 2.50 bits per heavy atom. The van der Waals surface area contributed by atoms with E-state index in [2.05, 4.69) is 34.5 Å². The molecule has 0 bridgehead atoms. The first-order valence-electron chi connectivity index (χ1n) is 11.0. The SMILES string of the molecule is CCN(CC)C(=O)CC1CC2(CCN(C(=O)c3ccnnc3)CC2)c2ccccc21. The van der Waals surface area contributed by atoms with Crippen molar-refractivity contribution in [2.24, 2.45) is 0 Å². The van der Waals surface area contributed by atoms with E-state index in [9.17, 15) is 9.59 Å². The summed E-state index contributed by atoms with van der Waals surface area (Å²) in [7, 11) is 0. The van der Waals surface area contributed by atoms with Crippen LogP contribution in [-0.2, 0) is 10.2 Å². The molecule has 158 valence electrons. The zero-order valence-electron chi connectivity index (χ0n) is 17.9. The molecule has 0 N–H and O–H groups in total. The Balaban J connectivity index is 1.50. The number of hydrogen-bond donors (Lipinski definition) is 0. The highest BCUT2D eigenvalue weighted by atomic mass is 16.2. The Hall–Kier alpha value is -2.76. The molecule has 6 heteroatoms. The summed E-state index contributed by atoms with van der Waals surface area (Å²) >= 11 is 0. The van der Waals surface area contributed by atoms with E-state index in [0.717, 1.165) is 45.4 Å². The average molecular weight is 407 g/mol. The summed E-state index contributed by atoms with van der Waals surface area (Å²) in [6.07, 6.45) is 6.54. The van der Waals surface area contributed by atoms with Crippen molar-refractivity contribution >= 4 is 11.8 Å². The molecule has 6 nitrogen and oxygen atoms in total. The molecule has 1 aliphatic heterocycles. The van der Waals surface area contributed by atoms with E-state index in [0.29, 0.717) is 12.0 Å². The molecule has 1 aliphatic carbocycles. The molecule has 30 heavy (non-hydrogen) atoms. The minimum Gasteiger partial charge on any atom is -0.343 e. The molecular weight excluding hydrogens is 376 g/mol. The van der Waals surface area contributed by atoms with Crippen LogP contribution >= 0.6 is 0 Å². The van der Waals surface area contributed by atoms with E-state index in [1.807, 2.05) is 23.6 Å². The van der Waals surface area contributed by atoms with Crippen molar-refractivity contribution in [3.63, 3.8) is 0 Å². The molecule has 1 aromatic carbocycles. The summed E-state index contributed by atoms with van der Waals surface area (Å²) in [5.74, 6) is 0.537. The second-order valence-corrected chi connectivity index (χ2v) is 8.46. The Morgan fingerprint density at radius 1 is 1.10 bits per heavy atom. The molecule has 2 heterocycles. The third-order valence-electron chi connectivity index (χ3n) is 6.99. The van der Waals surface area contributed by atoms with Crippen LogP contribution in [0.5, 0.6) is 0 Å². The monoisotopic (exact) mass is 406 g/mol. The molecule has 2 amide bonds. The summed E-state index contributed by atoms with van der Waals surface area (Å²) in [4.78, 5) is 29.5. The molecule has 0 saturated carbocycles. The van der Waals surface area contributed by atoms with E-state index in [1.165, 1.54) is 17.3 Å². The topological polar surface area (TPSA) is 66.4 Å². The zero-order valence-corrected chi connectivity index (χ0v) is 17.9. The molecule has 2 aromatic rings. The first-order valence-corrected chi connectivity index (χ1v) is 11.0. The van der Waals surface area contributed by atoms with Gasteiger partial charge in [-0.05, 0) is 61.6 Å². The van der Waals surface area contributed by atoms with Gasteiger partial charge in [-0.3, -0.25) is 9.59 Å². The van der Waals surface area contributed by atoms with E-state index in [4.69, 9.17) is 0 Å². The molecule has 1 spiro atoms. The van der Waals surface area contributed by atoms with Crippen molar-refractivity contribution in [1.82, 2.24) is 20.0 Å². The molecule has 4 rings (SSSR count). The van der Waals surface area contributed by atoms with Gasteiger partial charge in [0.1, 0.15) is 0 Å². The summed E-state index contributed by atoms with van der Waals surface area (Å²) in [5, 5.41) is 7.59. The number of amides is 2. The molecule has 1 fully saturated rings. The van der Waals surface area contributed by atoms with Gasteiger partial charge in [-0.1, -0.05) is 24.3 Å². The average Bonchev–Trinajstić information content (AvgIpc) is 3.08. The number of rotatable bonds is 5. The Kier molecular flexibility index (Phi) is 5.84. The fraction of sp³-hybridized carbons (Fsp3) is 0.500. The van der Waals surface area contributed by atoms with Gasteiger partial charge < -0.3 is 9.80 Å². The van der Waals surface area contributed by atoms with Gasteiger partial charge >= 0.3 is 0 Å². The lowest BCUT2D eigenvalue weighted by Crippen LogP contribution is -2.44. The van der Waals surface area contributed by atoms with Crippen LogP contribution in [0, 0.1) is 0 Å². The Labute approximate surface area is 178 Å². The van der Waals surface area contributed by atoms with Gasteiger partial charge in [0, 0.05) is 32.6 Å². The van der Waals surface area contributed by atoms with Gasteiger partial charge in [0.15, 0.2) is 0 Å². The molecule has 1 saturated heterocycles. The lowest BCUT2D eigenvalue weighted by molar-refractivity contribution is -0.131. The van der Waals surface area contributed by atoms with Crippen LogP contribution < -0.4 is 0 Å². The number of benzene rings is 1. The number of fused-ring (bicyclic) bond motifs is 2. The largest absolute Gasteiger partial charge is 0.343 e. The predicted molar refractivity (Wildman–Crippen MR) is 115 cm³/mol. The number of aromatic nitrogens is 2. The standard InChI is InChI=1S/C24H30N4O2/c1-3-27(4-2)22(29)15-19-16-24(21-8-6-5-7-20(19)21)10-13-28(14-11-24)23(30)18-9-12-25-26-17-18/h5-9,12,17,19H,3-4,10-11,13-16H2,1-2H3. The van der Waals surface area contributed by atoms with Gasteiger partial charge in [-0.15, -0.1) is 0 Å². The fourth-order valence-electron chi connectivity index (χ4n) is 5.34. The molecular formula is C24H30N4O2. The van der Waals surface area contributed by atoms with Crippen molar-refractivity contribution < 1.29 is 9.59 Å². The van der Waals surface area contributed by atoms with Crippen LogP contribution in [-0.4, -0.2) is 58.0 Å². The predicted octanol–water partition coefficient (Wildman–Crippen LogP) is 3.40. The number of piperidine rings is 1. The Bertz CT molecular complexity index is 902. The number of carbonyl (C=O) groups excluding carboxylic acids is 2. The second kappa shape index (κ2) is 8.54. The van der Waals surface area contributed by atoms with Crippen molar-refractivity contribution in [3.05, 3.63) is 59.4 Å². The van der Waals surface area contributed by atoms with E-state index >= 15 is 0 Å². The number of nitrogens with zero attached hydrogens (tertiary/aromatic N) is 4. The highest BCUT2D eigenvalue weighted by molar-refractivity contribution is 5.93. The summed E-state index contributed by atoms with van der Waals surface area (Å²) in [5.41, 5.74) is 3.38. The lowest BCUT2D eigenvalue weighted by atomic mass is 9.73. The smallest absolute Gasteiger partial charge is 0.255 e. The first-order chi connectivity index (χ1) is 14.6. The van der Waals surface area contributed by atoms with Crippen molar-refractivity contribution in [3.8, 4) is 0 Å². The third kappa shape index (κ3) is 3.71. The third-order valence-corrected chi connectivity index (χ3v) is 6.99. The van der Waals surface area contributed by atoms with Gasteiger partial charge in [-0.25, -0.2) is 0 Å². The second-order valence-electron chi connectivity index (χ2n) is 8.46. The van der Waals surface area contributed by atoms with E-state index in [-0.39, 0.29) is 23.1 Å². The zero-order chi connectivity index (χ0) is 21.1. The Morgan fingerprint density at radius 2 is 1.83 bits per heavy atom. The van der Waals surface area contributed by atoms with Crippen LogP contribution in [0.1, 0.15) is 66.9 Å². The van der Waals surface area contributed by atoms with Crippen LogP contribution in [0.25, 0.3) is 0 Å². The quantitative estimate of drug-likeness (QED) is 0.763. The fourth-order valence-corrected chi connectivity index (χ4v) is 5.34. The summed E-state index contributed by atoms with van der Waals surface area (Å²) < 4.78 is 0. The van der Waals surface area contributed by atoms with Gasteiger partial charge in [0.2, 0.25) is 5.91 Å². The van der Waals surface area contributed by atoms with Crippen LogP contribution in [0.2, 0.25) is 0 Å².